The van der Waals surface area contributed by atoms with Crippen molar-refractivity contribution in [3.8, 4) is 0 Å². The Bertz CT molecular complexity index is 1030. The van der Waals surface area contributed by atoms with E-state index in [-0.39, 0.29) is 0 Å². The molecule has 1 fully saturated rings. The van der Waals surface area contributed by atoms with E-state index in [4.69, 9.17) is 0 Å². The molecule has 0 amide bonds. The highest BCUT2D eigenvalue weighted by molar-refractivity contribution is 7.85. The second-order valence-corrected chi connectivity index (χ2v) is 8.89. The Kier molecular flexibility index (Phi) is 5.38. The normalized spacial score (nSPS) is 16.3. The molecule has 0 spiro atoms. The van der Waals surface area contributed by atoms with E-state index in [9.17, 15) is 4.21 Å². The Morgan fingerprint density at radius 3 is 2.39 bits per heavy atom. The third-order valence-electron chi connectivity index (χ3n) is 5.50. The van der Waals surface area contributed by atoms with Gasteiger partial charge in [-0.05, 0) is 43.8 Å². The van der Waals surface area contributed by atoms with E-state index in [0.717, 1.165) is 52.6 Å². The predicted molar refractivity (Wildman–Crippen MR) is 119 cm³/mol. The molecule has 28 heavy (non-hydrogen) atoms. The second-order valence-electron chi connectivity index (χ2n) is 7.44. The first-order valence-corrected chi connectivity index (χ1v) is 10.9. The first kappa shape index (κ1) is 19.0. The molecule has 3 aromatic rings. The topological polar surface area (TPSA) is 35.6 Å². The maximum absolute atomic E-state index is 13.3. The molecule has 1 atom stereocenters. The molecule has 146 valence electrons. The minimum Gasteiger partial charge on any atom is -0.387 e. The molecule has 1 aliphatic rings. The van der Waals surface area contributed by atoms with Crippen LogP contribution in [0.25, 0.3) is 10.8 Å². The van der Waals surface area contributed by atoms with E-state index in [0.29, 0.717) is 0 Å². The summed E-state index contributed by atoms with van der Waals surface area (Å²) in [6, 6.07) is 18.5. The number of likely N-dealkylation sites (N-methyl/N-ethyl adjacent to an activating group) is 1. The molecule has 4 nitrogen and oxygen atoms in total. The van der Waals surface area contributed by atoms with E-state index in [1.54, 1.807) is 0 Å². The average Bonchev–Trinajstić information content (AvgIpc) is 2.72. The van der Waals surface area contributed by atoms with Crippen molar-refractivity contribution in [1.82, 2.24) is 4.90 Å². The van der Waals surface area contributed by atoms with Crippen LogP contribution >= 0.6 is 0 Å². The highest BCUT2D eigenvalue weighted by atomic mass is 32.2. The van der Waals surface area contributed by atoms with Crippen molar-refractivity contribution in [2.24, 2.45) is 0 Å². The lowest BCUT2D eigenvalue weighted by molar-refractivity contribution is 0.313. The largest absolute Gasteiger partial charge is 0.387 e. The number of piperazine rings is 1. The number of benzene rings is 3. The Labute approximate surface area is 169 Å². The molecular formula is C23H27N3OS. The Morgan fingerprint density at radius 2 is 1.68 bits per heavy atom. The van der Waals surface area contributed by atoms with Gasteiger partial charge in [0.25, 0.3) is 0 Å². The molecule has 1 unspecified atom stereocenters. The minimum absolute atomic E-state index is 0.830. The number of nitrogens with zero attached hydrogens (tertiary/aromatic N) is 2. The van der Waals surface area contributed by atoms with Crippen molar-refractivity contribution in [2.75, 3.05) is 50.5 Å². The number of rotatable bonds is 4. The maximum Gasteiger partial charge on any atom is 0.0871 e. The van der Waals surface area contributed by atoms with Crippen molar-refractivity contribution < 1.29 is 4.21 Å². The molecule has 3 aromatic carbocycles. The maximum atomic E-state index is 13.3. The Balaban J connectivity index is 1.79. The van der Waals surface area contributed by atoms with Crippen molar-refractivity contribution in [3.63, 3.8) is 0 Å². The van der Waals surface area contributed by atoms with Gasteiger partial charge in [-0.2, -0.15) is 0 Å². The van der Waals surface area contributed by atoms with Gasteiger partial charge in [-0.1, -0.05) is 30.3 Å². The molecule has 1 N–H and O–H groups in total. The quantitative estimate of drug-likeness (QED) is 0.724. The lowest BCUT2D eigenvalue weighted by Crippen LogP contribution is -2.44. The first-order valence-electron chi connectivity index (χ1n) is 9.74. The molecule has 0 radical (unpaired) electrons. The summed E-state index contributed by atoms with van der Waals surface area (Å²) in [5, 5.41) is 5.65. The highest BCUT2D eigenvalue weighted by Crippen LogP contribution is 2.36. The van der Waals surface area contributed by atoms with E-state index in [1.807, 2.05) is 44.3 Å². The number of hydrogen-bond donors (Lipinski definition) is 1. The molecule has 0 bridgehead atoms. The summed E-state index contributed by atoms with van der Waals surface area (Å²) in [5.41, 5.74) is 3.33. The molecule has 1 saturated heterocycles. The molecular weight excluding hydrogens is 366 g/mol. The fraction of sp³-hybridized carbons (Fsp3) is 0.304. The van der Waals surface area contributed by atoms with Gasteiger partial charge in [0.1, 0.15) is 0 Å². The molecule has 4 rings (SSSR count). The zero-order valence-electron chi connectivity index (χ0n) is 16.7. The van der Waals surface area contributed by atoms with Gasteiger partial charge in [0, 0.05) is 54.6 Å². The summed E-state index contributed by atoms with van der Waals surface area (Å²) in [6.07, 6.45) is 0. The zero-order valence-corrected chi connectivity index (χ0v) is 17.6. The Hall–Kier alpha value is -2.37. The van der Waals surface area contributed by atoms with Crippen LogP contribution < -0.4 is 10.2 Å². The first-order chi connectivity index (χ1) is 13.6. The van der Waals surface area contributed by atoms with Crippen molar-refractivity contribution in [1.29, 1.82) is 0 Å². The number of nitrogens with one attached hydrogen (secondary N) is 1. The lowest BCUT2D eigenvalue weighted by atomic mass is 10.1. The van der Waals surface area contributed by atoms with Gasteiger partial charge in [-0.3, -0.25) is 0 Å². The van der Waals surface area contributed by atoms with Gasteiger partial charge in [0.05, 0.1) is 21.4 Å². The van der Waals surface area contributed by atoms with Crippen LogP contribution in [0.4, 0.5) is 11.4 Å². The predicted octanol–water partition coefficient (Wildman–Crippen LogP) is 4.11. The molecule has 0 aliphatic carbocycles. The van der Waals surface area contributed by atoms with Gasteiger partial charge in [0.15, 0.2) is 0 Å². The van der Waals surface area contributed by atoms with Crippen LogP contribution in [0.5, 0.6) is 0 Å². The van der Waals surface area contributed by atoms with Crippen molar-refractivity contribution in [2.45, 2.75) is 16.7 Å². The fourth-order valence-corrected chi connectivity index (χ4v) is 5.25. The van der Waals surface area contributed by atoms with Gasteiger partial charge in [-0.15, -0.1) is 0 Å². The minimum atomic E-state index is -1.22. The molecule has 0 saturated carbocycles. The summed E-state index contributed by atoms with van der Waals surface area (Å²) in [5.74, 6) is 0. The van der Waals surface area contributed by atoms with Gasteiger partial charge >= 0.3 is 0 Å². The van der Waals surface area contributed by atoms with Gasteiger partial charge in [-0.25, -0.2) is 4.21 Å². The standard InChI is InChI=1S/C23H27N3OS/c1-17-6-4-7-18(16-17)28(27)22-11-10-19-20(23(22)24-2)8-5-9-21(19)26-14-12-25(3)13-15-26/h4-11,16,24H,12-15H2,1-3H3. The summed E-state index contributed by atoms with van der Waals surface area (Å²) >= 11 is 0. The summed E-state index contributed by atoms with van der Waals surface area (Å²) in [6.45, 7) is 6.24. The Morgan fingerprint density at radius 1 is 0.929 bits per heavy atom. The molecule has 5 heteroatoms. The third-order valence-corrected chi connectivity index (χ3v) is 6.92. The van der Waals surface area contributed by atoms with Gasteiger partial charge in [0.2, 0.25) is 0 Å². The number of aryl methyl sites for hydroxylation is 1. The summed E-state index contributed by atoms with van der Waals surface area (Å²) in [7, 11) is 2.86. The summed E-state index contributed by atoms with van der Waals surface area (Å²) in [4.78, 5) is 6.49. The fourth-order valence-electron chi connectivity index (χ4n) is 3.91. The van der Waals surface area contributed by atoms with E-state index in [1.165, 1.54) is 11.1 Å². The lowest BCUT2D eigenvalue weighted by Gasteiger charge is -2.34. The van der Waals surface area contributed by atoms with E-state index in [2.05, 4.69) is 46.4 Å². The van der Waals surface area contributed by atoms with Crippen LogP contribution in [0.15, 0.2) is 64.4 Å². The number of anilines is 2. The van der Waals surface area contributed by atoms with Crippen LogP contribution in [0.3, 0.4) is 0 Å². The van der Waals surface area contributed by atoms with E-state index >= 15 is 0 Å². The van der Waals surface area contributed by atoms with Crippen molar-refractivity contribution >= 4 is 32.9 Å². The van der Waals surface area contributed by atoms with Crippen LogP contribution in [-0.4, -0.2) is 49.4 Å². The van der Waals surface area contributed by atoms with Crippen LogP contribution in [0, 0.1) is 6.92 Å². The number of fused-ring (bicyclic) bond motifs is 1. The van der Waals surface area contributed by atoms with Gasteiger partial charge < -0.3 is 15.1 Å². The zero-order chi connectivity index (χ0) is 19.7. The summed E-state index contributed by atoms with van der Waals surface area (Å²) < 4.78 is 13.3. The average molecular weight is 394 g/mol. The monoisotopic (exact) mass is 393 g/mol. The highest BCUT2D eigenvalue weighted by Gasteiger charge is 2.19. The molecule has 1 aliphatic heterocycles. The third kappa shape index (κ3) is 3.52. The number of hydrogen-bond acceptors (Lipinski definition) is 4. The van der Waals surface area contributed by atoms with Crippen LogP contribution in [0.1, 0.15) is 5.56 Å². The van der Waals surface area contributed by atoms with Crippen molar-refractivity contribution in [3.05, 3.63) is 60.2 Å². The SMILES string of the molecule is CNc1c(S(=O)c2cccc(C)c2)ccc2c(N3CCN(C)CC3)cccc12. The smallest absolute Gasteiger partial charge is 0.0871 e. The molecule has 1 heterocycles. The van der Waals surface area contributed by atoms with E-state index < -0.39 is 10.8 Å². The van der Waals surface area contributed by atoms with Crippen LogP contribution in [-0.2, 0) is 10.8 Å². The van der Waals surface area contributed by atoms with Crippen LogP contribution in [0.2, 0.25) is 0 Å². The molecule has 0 aromatic heterocycles. The second kappa shape index (κ2) is 7.94.